The highest BCUT2D eigenvalue weighted by Gasteiger charge is 2.13. The zero-order valence-electron chi connectivity index (χ0n) is 10.4. The van der Waals surface area contributed by atoms with Crippen molar-refractivity contribution in [2.75, 3.05) is 11.9 Å². The average Bonchev–Trinajstić information content (AvgIpc) is 2.91. The van der Waals surface area contributed by atoms with Crippen LogP contribution >= 0.6 is 11.3 Å². The molecule has 0 saturated heterocycles. The number of anilines is 1. The first-order valence-corrected chi connectivity index (χ1v) is 6.78. The smallest absolute Gasteiger partial charge is 0.255 e. The molecule has 0 saturated carbocycles. The fraction of sp³-hybridized carbons (Fsp3) is 0.231. The molecule has 0 unspecified atom stereocenters. The van der Waals surface area contributed by atoms with Crippen LogP contribution in [0.5, 0.6) is 0 Å². The van der Waals surface area contributed by atoms with Gasteiger partial charge in [-0.25, -0.2) is 9.37 Å². The van der Waals surface area contributed by atoms with Crippen molar-refractivity contribution >= 4 is 23.1 Å². The largest absolute Gasteiger partial charge is 0.370 e. The first-order valence-electron chi connectivity index (χ1n) is 5.90. The number of hydrogen-bond acceptors (Lipinski definition) is 4. The molecule has 1 amide bonds. The third-order valence-corrected chi connectivity index (χ3v) is 3.32. The van der Waals surface area contributed by atoms with Crippen LogP contribution in [0.15, 0.2) is 29.8 Å². The predicted octanol–water partition coefficient (Wildman–Crippen LogP) is 2.64. The molecule has 19 heavy (non-hydrogen) atoms. The molecule has 0 bridgehead atoms. The number of carbonyl (C=O) groups is 1. The number of carbonyl (C=O) groups excluding carboxylic acids is 1. The summed E-state index contributed by atoms with van der Waals surface area (Å²) in [6.07, 6.45) is 1.09. The Labute approximate surface area is 114 Å². The minimum Gasteiger partial charge on any atom is -0.370 e. The maximum absolute atomic E-state index is 13.2. The molecule has 0 aromatic carbocycles. The number of hydrogen-bond donors (Lipinski definition) is 2. The Bertz CT molecular complexity index is 557. The summed E-state index contributed by atoms with van der Waals surface area (Å²) >= 11 is 1.56. The van der Waals surface area contributed by atoms with E-state index in [0.29, 0.717) is 18.9 Å². The van der Waals surface area contributed by atoms with Gasteiger partial charge in [-0.2, -0.15) is 0 Å². The molecule has 2 rings (SSSR count). The van der Waals surface area contributed by atoms with Crippen LogP contribution in [0.2, 0.25) is 0 Å². The van der Waals surface area contributed by atoms with E-state index >= 15 is 0 Å². The monoisotopic (exact) mass is 279 g/mol. The van der Waals surface area contributed by atoms with Gasteiger partial charge in [0.15, 0.2) is 0 Å². The van der Waals surface area contributed by atoms with Crippen molar-refractivity contribution in [2.45, 2.75) is 13.5 Å². The van der Waals surface area contributed by atoms with E-state index in [4.69, 9.17) is 0 Å². The number of amides is 1. The Morgan fingerprint density at radius 1 is 1.53 bits per heavy atom. The molecule has 2 heterocycles. The fourth-order valence-electron chi connectivity index (χ4n) is 1.60. The lowest BCUT2D eigenvalue weighted by Gasteiger charge is -2.09. The summed E-state index contributed by atoms with van der Waals surface area (Å²) in [6.45, 7) is 2.93. The Balaban J connectivity index is 2.11. The second-order valence-corrected chi connectivity index (χ2v) is 4.87. The highest BCUT2D eigenvalue weighted by Crippen LogP contribution is 2.14. The predicted molar refractivity (Wildman–Crippen MR) is 73.8 cm³/mol. The molecule has 4 nitrogen and oxygen atoms in total. The molecule has 0 atom stereocenters. The average molecular weight is 279 g/mol. The van der Waals surface area contributed by atoms with Gasteiger partial charge < -0.3 is 10.6 Å². The molecule has 0 aliphatic heterocycles. The van der Waals surface area contributed by atoms with Crippen molar-refractivity contribution in [3.05, 3.63) is 46.0 Å². The van der Waals surface area contributed by atoms with Crippen molar-refractivity contribution in [1.29, 1.82) is 0 Å². The summed E-state index contributed by atoms with van der Waals surface area (Å²) in [6, 6.07) is 5.04. The summed E-state index contributed by atoms with van der Waals surface area (Å²) in [4.78, 5) is 17.0. The summed E-state index contributed by atoms with van der Waals surface area (Å²) in [7, 11) is 0. The first-order chi connectivity index (χ1) is 9.20. The third kappa shape index (κ3) is 3.51. The zero-order valence-corrected chi connectivity index (χ0v) is 11.3. The Hall–Kier alpha value is -1.95. The van der Waals surface area contributed by atoms with E-state index in [2.05, 4.69) is 15.6 Å². The van der Waals surface area contributed by atoms with Crippen LogP contribution in [-0.2, 0) is 6.54 Å². The molecule has 2 aromatic heterocycles. The van der Waals surface area contributed by atoms with Crippen LogP contribution < -0.4 is 10.6 Å². The molecular weight excluding hydrogens is 265 g/mol. The van der Waals surface area contributed by atoms with Gasteiger partial charge in [0.05, 0.1) is 18.3 Å². The van der Waals surface area contributed by atoms with Gasteiger partial charge in [-0.3, -0.25) is 4.79 Å². The molecule has 0 aliphatic rings. The lowest BCUT2D eigenvalue weighted by molar-refractivity contribution is 0.0951. The topological polar surface area (TPSA) is 54.0 Å². The number of aromatic nitrogens is 1. The molecule has 0 radical (unpaired) electrons. The zero-order chi connectivity index (χ0) is 13.7. The number of thiophene rings is 1. The molecule has 6 heteroatoms. The number of rotatable bonds is 5. The third-order valence-electron chi connectivity index (χ3n) is 2.45. The van der Waals surface area contributed by atoms with E-state index in [1.807, 2.05) is 24.4 Å². The Morgan fingerprint density at radius 3 is 3.05 bits per heavy atom. The second kappa shape index (κ2) is 6.29. The number of nitrogens with one attached hydrogen (secondary N) is 2. The first kappa shape index (κ1) is 13.5. The van der Waals surface area contributed by atoms with Gasteiger partial charge in [0.2, 0.25) is 0 Å². The maximum Gasteiger partial charge on any atom is 0.255 e. The SMILES string of the molecule is CCNc1ncc(F)cc1C(=O)NCc1cccs1. The van der Waals surface area contributed by atoms with Crippen molar-refractivity contribution in [1.82, 2.24) is 10.3 Å². The summed E-state index contributed by atoms with van der Waals surface area (Å²) in [5, 5.41) is 7.63. The van der Waals surface area contributed by atoms with Gasteiger partial charge in [0, 0.05) is 11.4 Å². The quantitative estimate of drug-likeness (QED) is 0.884. The highest BCUT2D eigenvalue weighted by molar-refractivity contribution is 7.09. The van der Waals surface area contributed by atoms with Gasteiger partial charge in [0.1, 0.15) is 11.6 Å². The van der Waals surface area contributed by atoms with Gasteiger partial charge >= 0.3 is 0 Å². The Kier molecular flexibility index (Phi) is 4.46. The molecule has 0 spiro atoms. The molecule has 0 fully saturated rings. The van der Waals surface area contributed by atoms with Crippen molar-refractivity contribution < 1.29 is 9.18 Å². The van der Waals surface area contributed by atoms with Crippen LogP contribution in [-0.4, -0.2) is 17.4 Å². The fourth-order valence-corrected chi connectivity index (χ4v) is 2.24. The van der Waals surface area contributed by atoms with Crippen molar-refractivity contribution in [3.63, 3.8) is 0 Å². The normalized spacial score (nSPS) is 10.2. The summed E-state index contributed by atoms with van der Waals surface area (Å²) < 4.78 is 13.2. The number of halogens is 1. The van der Waals surface area contributed by atoms with Crippen LogP contribution in [0.1, 0.15) is 22.2 Å². The minimum absolute atomic E-state index is 0.221. The standard InChI is InChI=1S/C13H14FN3OS/c1-2-15-12-11(6-9(14)7-16-12)13(18)17-8-10-4-3-5-19-10/h3-7H,2,8H2,1H3,(H,15,16)(H,17,18). The second-order valence-electron chi connectivity index (χ2n) is 3.84. The van der Waals surface area contributed by atoms with Crippen LogP contribution in [0.25, 0.3) is 0 Å². The van der Waals surface area contributed by atoms with E-state index in [9.17, 15) is 9.18 Å². The molecule has 100 valence electrons. The van der Waals surface area contributed by atoms with E-state index in [0.717, 1.165) is 11.1 Å². The molecule has 2 N–H and O–H groups in total. The lowest BCUT2D eigenvalue weighted by atomic mass is 10.2. The minimum atomic E-state index is -0.525. The van der Waals surface area contributed by atoms with Crippen molar-refractivity contribution in [2.24, 2.45) is 0 Å². The van der Waals surface area contributed by atoms with Gasteiger partial charge in [-0.1, -0.05) is 6.07 Å². The maximum atomic E-state index is 13.2. The van der Waals surface area contributed by atoms with E-state index in [1.54, 1.807) is 11.3 Å². The van der Waals surface area contributed by atoms with Gasteiger partial charge in [-0.05, 0) is 24.4 Å². The summed E-state index contributed by atoms with van der Waals surface area (Å²) in [5.41, 5.74) is 0.221. The van der Waals surface area contributed by atoms with E-state index in [-0.39, 0.29) is 11.5 Å². The van der Waals surface area contributed by atoms with Gasteiger partial charge in [-0.15, -0.1) is 11.3 Å². The van der Waals surface area contributed by atoms with Crippen LogP contribution in [0.4, 0.5) is 10.2 Å². The number of pyridine rings is 1. The van der Waals surface area contributed by atoms with Crippen molar-refractivity contribution in [3.8, 4) is 0 Å². The van der Waals surface area contributed by atoms with E-state index in [1.165, 1.54) is 6.07 Å². The highest BCUT2D eigenvalue weighted by atomic mass is 32.1. The van der Waals surface area contributed by atoms with Crippen LogP contribution in [0.3, 0.4) is 0 Å². The van der Waals surface area contributed by atoms with Gasteiger partial charge in [0.25, 0.3) is 5.91 Å². The van der Waals surface area contributed by atoms with E-state index < -0.39 is 5.82 Å². The molecular formula is C13H14FN3OS. The van der Waals surface area contributed by atoms with Crippen LogP contribution in [0, 0.1) is 5.82 Å². The molecule has 0 aliphatic carbocycles. The molecule has 2 aromatic rings. The Morgan fingerprint density at radius 2 is 2.37 bits per heavy atom. The number of nitrogens with zero attached hydrogens (tertiary/aromatic N) is 1. The summed E-state index contributed by atoms with van der Waals surface area (Å²) in [5.74, 6) is -0.466. The lowest BCUT2D eigenvalue weighted by Crippen LogP contribution is -2.24.